The van der Waals surface area contributed by atoms with Crippen molar-refractivity contribution in [3.8, 4) is 0 Å². The highest BCUT2D eigenvalue weighted by atomic mass is 15.1. The van der Waals surface area contributed by atoms with E-state index < -0.39 is 0 Å². The van der Waals surface area contributed by atoms with Crippen LogP contribution in [-0.4, -0.2) is 9.55 Å². The maximum Gasteiger partial charge on any atom is 0.0948 e. The van der Waals surface area contributed by atoms with Crippen LogP contribution in [0.3, 0.4) is 0 Å². The van der Waals surface area contributed by atoms with Gasteiger partial charge in [0.1, 0.15) is 0 Å². The Labute approximate surface area is 128 Å². The normalized spacial score (nSPS) is 13.6. The summed E-state index contributed by atoms with van der Waals surface area (Å²) in [5.41, 5.74) is 9.01. The lowest BCUT2D eigenvalue weighted by Crippen LogP contribution is -2.28. The zero-order valence-electron chi connectivity index (χ0n) is 13.6. The van der Waals surface area contributed by atoms with E-state index in [1.54, 1.807) is 0 Å². The largest absolute Gasteiger partial charge is 0.333 e. The van der Waals surface area contributed by atoms with Crippen LogP contribution >= 0.6 is 0 Å². The lowest BCUT2D eigenvalue weighted by Gasteiger charge is -2.31. The topological polar surface area (TPSA) is 43.8 Å². The Morgan fingerprint density at radius 2 is 1.86 bits per heavy atom. The van der Waals surface area contributed by atoms with Gasteiger partial charge in [0, 0.05) is 12.7 Å². The van der Waals surface area contributed by atoms with Crippen molar-refractivity contribution in [2.45, 2.75) is 46.7 Å². The standard InChI is InChI=1S/C18H27N3/c1-14(2)18(3,4)12-21-13-20-11-17(21)16(19)10-15-8-6-5-7-9-15/h5-9,11,13-14,16H,10,12,19H2,1-4H3/t16-/m1/s1. The summed E-state index contributed by atoms with van der Waals surface area (Å²) in [5, 5.41) is 0. The average Bonchev–Trinajstić information content (AvgIpc) is 2.87. The fourth-order valence-corrected chi connectivity index (χ4v) is 2.37. The van der Waals surface area contributed by atoms with Crippen LogP contribution in [0.2, 0.25) is 0 Å². The first-order valence-corrected chi connectivity index (χ1v) is 7.69. The highest BCUT2D eigenvalue weighted by molar-refractivity contribution is 5.18. The lowest BCUT2D eigenvalue weighted by atomic mass is 9.81. The number of hydrogen-bond donors (Lipinski definition) is 1. The molecule has 21 heavy (non-hydrogen) atoms. The molecule has 1 atom stereocenters. The average molecular weight is 285 g/mol. The zero-order chi connectivity index (χ0) is 15.5. The van der Waals surface area contributed by atoms with Gasteiger partial charge >= 0.3 is 0 Å². The van der Waals surface area contributed by atoms with E-state index in [1.807, 2.05) is 18.6 Å². The van der Waals surface area contributed by atoms with E-state index in [4.69, 9.17) is 5.73 Å². The first kappa shape index (κ1) is 15.8. The molecule has 0 spiro atoms. The molecule has 0 bridgehead atoms. The van der Waals surface area contributed by atoms with Gasteiger partial charge in [-0.05, 0) is 23.3 Å². The molecule has 0 saturated carbocycles. The molecule has 0 aliphatic heterocycles. The summed E-state index contributed by atoms with van der Waals surface area (Å²) in [4.78, 5) is 4.31. The molecule has 0 radical (unpaired) electrons. The molecule has 1 aromatic carbocycles. The van der Waals surface area contributed by atoms with Crippen molar-refractivity contribution >= 4 is 0 Å². The Morgan fingerprint density at radius 3 is 2.48 bits per heavy atom. The summed E-state index contributed by atoms with van der Waals surface area (Å²) >= 11 is 0. The number of nitrogens with zero attached hydrogens (tertiary/aromatic N) is 2. The SMILES string of the molecule is CC(C)C(C)(C)Cn1cncc1[C@H](N)Cc1ccccc1. The molecule has 0 unspecified atom stereocenters. The quantitative estimate of drug-likeness (QED) is 0.877. The lowest BCUT2D eigenvalue weighted by molar-refractivity contribution is 0.207. The van der Waals surface area contributed by atoms with Crippen molar-refractivity contribution in [1.82, 2.24) is 9.55 Å². The fraction of sp³-hybridized carbons (Fsp3) is 0.500. The summed E-state index contributed by atoms with van der Waals surface area (Å²) in [6.07, 6.45) is 4.66. The van der Waals surface area contributed by atoms with E-state index in [-0.39, 0.29) is 11.5 Å². The molecule has 2 rings (SSSR count). The summed E-state index contributed by atoms with van der Waals surface area (Å²) in [6, 6.07) is 10.4. The Bertz CT molecular complexity index is 555. The smallest absolute Gasteiger partial charge is 0.0948 e. The fourth-order valence-electron chi connectivity index (χ4n) is 2.37. The van der Waals surface area contributed by atoms with Crippen molar-refractivity contribution in [1.29, 1.82) is 0 Å². The van der Waals surface area contributed by atoms with Crippen LogP contribution in [0.1, 0.15) is 45.0 Å². The van der Waals surface area contributed by atoms with Crippen molar-refractivity contribution in [3.05, 3.63) is 54.1 Å². The monoisotopic (exact) mass is 285 g/mol. The number of hydrogen-bond acceptors (Lipinski definition) is 2. The van der Waals surface area contributed by atoms with Crippen molar-refractivity contribution < 1.29 is 0 Å². The Hall–Kier alpha value is -1.61. The zero-order valence-corrected chi connectivity index (χ0v) is 13.6. The first-order chi connectivity index (χ1) is 9.90. The van der Waals surface area contributed by atoms with Gasteiger partial charge < -0.3 is 10.3 Å². The van der Waals surface area contributed by atoms with E-state index in [2.05, 4.69) is 61.5 Å². The molecular formula is C18H27N3. The van der Waals surface area contributed by atoms with Gasteiger partial charge in [-0.2, -0.15) is 0 Å². The summed E-state index contributed by atoms with van der Waals surface area (Å²) in [7, 11) is 0. The van der Waals surface area contributed by atoms with Gasteiger partial charge in [-0.25, -0.2) is 4.98 Å². The van der Waals surface area contributed by atoms with E-state index in [0.717, 1.165) is 18.7 Å². The number of imidazole rings is 1. The van der Waals surface area contributed by atoms with E-state index in [0.29, 0.717) is 5.92 Å². The molecule has 1 aromatic heterocycles. The molecule has 3 heteroatoms. The number of nitrogens with two attached hydrogens (primary N) is 1. The highest BCUT2D eigenvalue weighted by Crippen LogP contribution is 2.29. The predicted molar refractivity (Wildman–Crippen MR) is 87.9 cm³/mol. The molecule has 1 heterocycles. The molecule has 0 saturated heterocycles. The second kappa shape index (κ2) is 6.44. The van der Waals surface area contributed by atoms with Gasteiger partial charge in [-0.3, -0.25) is 0 Å². The number of aromatic nitrogens is 2. The van der Waals surface area contributed by atoms with Crippen molar-refractivity contribution in [3.63, 3.8) is 0 Å². The van der Waals surface area contributed by atoms with Crippen LogP contribution in [0.15, 0.2) is 42.9 Å². The Kier molecular flexibility index (Phi) is 4.84. The molecule has 0 aliphatic rings. The van der Waals surface area contributed by atoms with E-state index >= 15 is 0 Å². The maximum absolute atomic E-state index is 6.41. The summed E-state index contributed by atoms with van der Waals surface area (Å²) < 4.78 is 2.22. The van der Waals surface area contributed by atoms with Gasteiger partial charge in [0.05, 0.1) is 18.1 Å². The summed E-state index contributed by atoms with van der Waals surface area (Å²) in [5.74, 6) is 0.609. The molecular weight excluding hydrogens is 258 g/mol. The van der Waals surface area contributed by atoms with Gasteiger partial charge in [0.25, 0.3) is 0 Å². The second-order valence-electron chi connectivity index (χ2n) is 6.89. The molecule has 3 nitrogen and oxygen atoms in total. The Morgan fingerprint density at radius 1 is 1.19 bits per heavy atom. The van der Waals surface area contributed by atoms with E-state index in [1.165, 1.54) is 5.56 Å². The molecule has 2 aromatic rings. The molecule has 0 fully saturated rings. The molecule has 0 amide bonds. The third-order valence-corrected chi connectivity index (χ3v) is 4.56. The number of benzene rings is 1. The minimum atomic E-state index is -0.0159. The Balaban J connectivity index is 2.13. The van der Waals surface area contributed by atoms with Crippen LogP contribution in [0, 0.1) is 11.3 Å². The van der Waals surface area contributed by atoms with Crippen LogP contribution in [0.25, 0.3) is 0 Å². The first-order valence-electron chi connectivity index (χ1n) is 7.69. The molecule has 2 N–H and O–H groups in total. The third-order valence-electron chi connectivity index (χ3n) is 4.56. The highest BCUT2D eigenvalue weighted by Gasteiger charge is 2.24. The van der Waals surface area contributed by atoms with Crippen LogP contribution in [0.4, 0.5) is 0 Å². The number of rotatable bonds is 6. The minimum absolute atomic E-state index is 0.0159. The second-order valence-corrected chi connectivity index (χ2v) is 6.89. The van der Waals surface area contributed by atoms with Gasteiger partial charge in [-0.15, -0.1) is 0 Å². The van der Waals surface area contributed by atoms with Crippen LogP contribution < -0.4 is 5.73 Å². The molecule has 0 aliphatic carbocycles. The minimum Gasteiger partial charge on any atom is -0.333 e. The third kappa shape index (κ3) is 3.94. The maximum atomic E-state index is 6.41. The van der Waals surface area contributed by atoms with Crippen molar-refractivity contribution in [2.24, 2.45) is 17.1 Å². The van der Waals surface area contributed by atoms with E-state index in [9.17, 15) is 0 Å². The van der Waals surface area contributed by atoms with Crippen LogP contribution in [0.5, 0.6) is 0 Å². The van der Waals surface area contributed by atoms with Crippen LogP contribution in [-0.2, 0) is 13.0 Å². The predicted octanol–water partition coefficient (Wildman–Crippen LogP) is 3.81. The molecule has 114 valence electrons. The van der Waals surface area contributed by atoms with Gasteiger partial charge in [-0.1, -0.05) is 58.0 Å². The van der Waals surface area contributed by atoms with Gasteiger partial charge in [0.2, 0.25) is 0 Å². The summed E-state index contributed by atoms with van der Waals surface area (Å²) in [6.45, 7) is 10.1. The van der Waals surface area contributed by atoms with Gasteiger partial charge in [0.15, 0.2) is 0 Å². The van der Waals surface area contributed by atoms with Crippen molar-refractivity contribution in [2.75, 3.05) is 0 Å².